The third-order valence-electron chi connectivity index (χ3n) is 3.67. The van der Waals surface area contributed by atoms with Crippen LogP contribution in [0.15, 0.2) is 30.3 Å². The van der Waals surface area contributed by atoms with E-state index in [-0.39, 0.29) is 11.4 Å². The zero-order valence-corrected chi connectivity index (χ0v) is 14.0. The third kappa shape index (κ3) is 5.35. The van der Waals surface area contributed by atoms with E-state index in [0.717, 1.165) is 30.7 Å². The van der Waals surface area contributed by atoms with E-state index in [1.54, 1.807) is 11.8 Å². The first kappa shape index (κ1) is 18.0. The number of nitriles is 1. The van der Waals surface area contributed by atoms with Gasteiger partial charge in [0, 0.05) is 5.25 Å². The normalized spacial score (nSPS) is 16.7. The Morgan fingerprint density at radius 1 is 1.33 bits per heavy atom. The predicted octanol–water partition coefficient (Wildman–Crippen LogP) is 3.30. The topological polar surface area (TPSA) is 56.0 Å². The molecule has 4 heteroatoms. The first-order valence-corrected chi connectivity index (χ1v) is 8.62. The predicted molar refractivity (Wildman–Crippen MR) is 90.2 cm³/mol. The molecule has 116 valence electrons. The molecular formula is C17H26N2OS. The minimum atomic E-state index is -0.636. The van der Waals surface area contributed by atoms with Crippen LogP contribution >= 0.6 is 11.8 Å². The molecule has 0 amide bonds. The molecule has 0 heterocycles. The van der Waals surface area contributed by atoms with Gasteiger partial charge in [0.25, 0.3) is 0 Å². The molecule has 0 radical (unpaired) electrons. The van der Waals surface area contributed by atoms with Crippen molar-refractivity contribution in [3.63, 3.8) is 0 Å². The van der Waals surface area contributed by atoms with E-state index in [1.165, 1.54) is 0 Å². The van der Waals surface area contributed by atoms with Gasteiger partial charge >= 0.3 is 0 Å². The SMILES string of the molecule is CCCNC(C#N)(CCSC(C)C(C)O)c1ccccc1. The summed E-state index contributed by atoms with van der Waals surface area (Å²) in [6.45, 7) is 6.75. The first-order valence-electron chi connectivity index (χ1n) is 7.57. The molecule has 0 saturated heterocycles. The second-order valence-electron chi connectivity index (χ2n) is 5.38. The zero-order chi connectivity index (χ0) is 15.7. The fourth-order valence-corrected chi connectivity index (χ4v) is 3.17. The van der Waals surface area contributed by atoms with Crippen LogP contribution in [0, 0.1) is 11.3 Å². The maximum absolute atomic E-state index is 9.76. The first-order chi connectivity index (χ1) is 10.1. The van der Waals surface area contributed by atoms with Crippen molar-refractivity contribution in [2.24, 2.45) is 0 Å². The maximum atomic E-state index is 9.76. The fourth-order valence-electron chi connectivity index (χ4n) is 2.09. The average molecular weight is 306 g/mol. The van der Waals surface area contributed by atoms with Crippen molar-refractivity contribution in [3.8, 4) is 6.07 Å². The Bertz CT molecular complexity index is 444. The smallest absolute Gasteiger partial charge is 0.133 e. The minimum absolute atomic E-state index is 0.184. The lowest BCUT2D eigenvalue weighted by atomic mass is 9.88. The van der Waals surface area contributed by atoms with Crippen LogP contribution in [0.25, 0.3) is 0 Å². The number of hydrogen-bond acceptors (Lipinski definition) is 4. The molecule has 1 aromatic carbocycles. The number of hydrogen-bond donors (Lipinski definition) is 2. The molecule has 2 N–H and O–H groups in total. The van der Waals surface area contributed by atoms with Crippen LogP contribution in [0.3, 0.4) is 0 Å². The molecule has 3 nitrogen and oxygen atoms in total. The molecule has 0 aliphatic heterocycles. The van der Waals surface area contributed by atoms with Gasteiger partial charge < -0.3 is 5.11 Å². The maximum Gasteiger partial charge on any atom is 0.133 e. The van der Waals surface area contributed by atoms with E-state index in [2.05, 4.69) is 18.3 Å². The van der Waals surface area contributed by atoms with Crippen LogP contribution in [0.1, 0.15) is 39.2 Å². The lowest BCUT2D eigenvalue weighted by Crippen LogP contribution is -2.42. The molecule has 1 rings (SSSR count). The molecule has 0 saturated carbocycles. The van der Waals surface area contributed by atoms with Gasteiger partial charge in [-0.15, -0.1) is 0 Å². The van der Waals surface area contributed by atoms with Gasteiger partial charge in [-0.3, -0.25) is 5.32 Å². The van der Waals surface area contributed by atoms with Crippen LogP contribution in [0.2, 0.25) is 0 Å². The Morgan fingerprint density at radius 3 is 2.52 bits per heavy atom. The number of rotatable bonds is 9. The third-order valence-corrected chi connectivity index (χ3v) is 5.03. The van der Waals surface area contributed by atoms with Gasteiger partial charge in [-0.1, -0.05) is 44.2 Å². The molecule has 0 fully saturated rings. The summed E-state index contributed by atoms with van der Waals surface area (Å²) in [5.74, 6) is 0.839. The second kappa shape index (κ2) is 9.09. The van der Waals surface area contributed by atoms with Crippen LogP contribution < -0.4 is 5.32 Å². The van der Waals surface area contributed by atoms with Crippen molar-refractivity contribution in [2.75, 3.05) is 12.3 Å². The largest absolute Gasteiger partial charge is 0.392 e. The summed E-state index contributed by atoms with van der Waals surface area (Å²) < 4.78 is 0. The molecular weight excluding hydrogens is 280 g/mol. The lowest BCUT2D eigenvalue weighted by molar-refractivity contribution is 0.196. The van der Waals surface area contributed by atoms with Crippen molar-refractivity contribution in [3.05, 3.63) is 35.9 Å². The highest BCUT2D eigenvalue weighted by Crippen LogP contribution is 2.28. The van der Waals surface area contributed by atoms with E-state index in [0.29, 0.717) is 0 Å². The van der Waals surface area contributed by atoms with Crippen LogP contribution in [0.4, 0.5) is 0 Å². The summed E-state index contributed by atoms with van der Waals surface area (Å²) >= 11 is 1.71. The van der Waals surface area contributed by atoms with Crippen molar-refractivity contribution in [1.82, 2.24) is 5.32 Å². The van der Waals surface area contributed by atoms with Gasteiger partial charge in [0.15, 0.2) is 0 Å². The van der Waals surface area contributed by atoms with Gasteiger partial charge in [-0.2, -0.15) is 17.0 Å². The highest BCUT2D eigenvalue weighted by atomic mass is 32.2. The summed E-state index contributed by atoms with van der Waals surface area (Å²) in [4.78, 5) is 0. The fraction of sp³-hybridized carbons (Fsp3) is 0.588. The van der Waals surface area contributed by atoms with E-state index in [9.17, 15) is 10.4 Å². The van der Waals surface area contributed by atoms with Crippen LogP contribution in [0.5, 0.6) is 0 Å². The quantitative estimate of drug-likeness (QED) is 0.735. The number of thioether (sulfide) groups is 1. The lowest BCUT2D eigenvalue weighted by Gasteiger charge is -2.29. The number of aliphatic hydroxyl groups is 1. The second-order valence-corrected chi connectivity index (χ2v) is 6.86. The van der Waals surface area contributed by atoms with E-state index in [1.807, 2.05) is 44.2 Å². The Kier molecular flexibility index (Phi) is 7.81. The minimum Gasteiger partial charge on any atom is -0.392 e. The number of aliphatic hydroxyl groups excluding tert-OH is 1. The van der Waals surface area contributed by atoms with Gasteiger partial charge in [-0.25, -0.2) is 0 Å². The van der Waals surface area contributed by atoms with Gasteiger partial charge in [0.05, 0.1) is 12.2 Å². The van der Waals surface area contributed by atoms with E-state index < -0.39 is 5.54 Å². The van der Waals surface area contributed by atoms with Crippen LogP contribution in [-0.2, 0) is 5.54 Å². The van der Waals surface area contributed by atoms with Gasteiger partial charge in [0.2, 0.25) is 0 Å². The molecule has 3 unspecified atom stereocenters. The molecule has 21 heavy (non-hydrogen) atoms. The Hall–Kier alpha value is -1.02. The van der Waals surface area contributed by atoms with Crippen LogP contribution in [-0.4, -0.2) is 28.8 Å². The molecule has 0 aliphatic rings. The standard InChI is InChI=1S/C17H26N2OS/c1-4-11-19-17(13-18,16-8-6-5-7-9-16)10-12-21-15(3)14(2)20/h5-9,14-15,19-20H,4,10-12H2,1-3H3. The Morgan fingerprint density at radius 2 is 2.00 bits per heavy atom. The van der Waals surface area contributed by atoms with Crippen molar-refractivity contribution in [1.29, 1.82) is 5.26 Å². The average Bonchev–Trinajstić information content (AvgIpc) is 2.51. The molecule has 0 bridgehead atoms. The van der Waals surface area contributed by atoms with E-state index >= 15 is 0 Å². The highest BCUT2D eigenvalue weighted by Gasteiger charge is 2.31. The molecule has 3 atom stereocenters. The summed E-state index contributed by atoms with van der Waals surface area (Å²) in [5.41, 5.74) is 0.383. The van der Waals surface area contributed by atoms with E-state index in [4.69, 9.17) is 0 Å². The van der Waals surface area contributed by atoms with Gasteiger partial charge in [-0.05, 0) is 37.6 Å². The molecule has 0 aromatic heterocycles. The molecule has 1 aromatic rings. The number of nitrogens with one attached hydrogen (secondary N) is 1. The zero-order valence-electron chi connectivity index (χ0n) is 13.2. The highest BCUT2D eigenvalue weighted by molar-refractivity contribution is 7.99. The Balaban J connectivity index is 2.80. The monoisotopic (exact) mass is 306 g/mol. The van der Waals surface area contributed by atoms with Crippen molar-refractivity contribution in [2.45, 2.75) is 50.5 Å². The van der Waals surface area contributed by atoms with Crippen molar-refractivity contribution < 1.29 is 5.11 Å². The summed E-state index contributed by atoms with van der Waals surface area (Å²) in [6, 6.07) is 12.4. The summed E-state index contributed by atoms with van der Waals surface area (Å²) in [6.07, 6.45) is 1.40. The van der Waals surface area contributed by atoms with Crippen molar-refractivity contribution >= 4 is 11.8 Å². The number of benzene rings is 1. The summed E-state index contributed by atoms with van der Waals surface area (Å²) in [5, 5.41) is 22.9. The molecule has 0 aliphatic carbocycles. The van der Waals surface area contributed by atoms with Gasteiger partial charge in [0.1, 0.15) is 5.54 Å². The molecule has 0 spiro atoms. The summed E-state index contributed by atoms with van der Waals surface area (Å²) in [7, 11) is 0. The number of nitrogens with zero attached hydrogens (tertiary/aromatic N) is 1. The Labute approximate surface area is 132 Å².